The van der Waals surface area contributed by atoms with Gasteiger partial charge in [0.05, 0.1) is 17.5 Å². The molecule has 5 nitrogen and oxygen atoms in total. The van der Waals surface area contributed by atoms with Crippen LogP contribution in [0.3, 0.4) is 0 Å². The van der Waals surface area contributed by atoms with E-state index in [1.54, 1.807) is 23.6 Å². The number of nitrogens with zero attached hydrogens (tertiary/aromatic N) is 1. The molecule has 3 aliphatic rings. The fourth-order valence-electron chi connectivity index (χ4n) is 4.44. The second kappa shape index (κ2) is 6.04. The summed E-state index contributed by atoms with van der Waals surface area (Å²) in [5.74, 6) is -1.29. The molecule has 2 heterocycles. The predicted molar refractivity (Wildman–Crippen MR) is 101 cm³/mol. The summed E-state index contributed by atoms with van der Waals surface area (Å²) in [6.45, 7) is 0. The van der Waals surface area contributed by atoms with Crippen molar-refractivity contribution in [2.24, 2.45) is 23.7 Å². The van der Waals surface area contributed by atoms with Gasteiger partial charge in [0.1, 0.15) is 4.88 Å². The zero-order chi connectivity index (χ0) is 18.7. The molecule has 27 heavy (non-hydrogen) atoms. The zero-order valence-electron chi connectivity index (χ0n) is 14.0. The largest absolute Gasteiger partial charge is 0.420 e. The van der Waals surface area contributed by atoms with Crippen molar-refractivity contribution in [3.63, 3.8) is 0 Å². The SMILES string of the molecule is O=C(Oc1ccc(Cl)cc1N1C(=O)[C@@H]2[C@@H](C1=O)[C@H]1C=C[C@@H]2C1)c1cccs1. The van der Waals surface area contributed by atoms with Crippen LogP contribution in [0.1, 0.15) is 16.1 Å². The van der Waals surface area contributed by atoms with Crippen molar-refractivity contribution in [3.8, 4) is 5.75 Å². The lowest BCUT2D eigenvalue weighted by Gasteiger charge is -2.20. The molecule has 4 atom stereocenters. The summed E-state index contributed by atoms with van der Waals surface area (Å²) in [6, 6.07) is 8.00. The molecule has 0 N–H and O–H groups in total. The van der Waals surface area contributed by atoms with Gasteiger partial charge in [-0.2, -0.15) is 0 Å². The van der Waals surface area contributed by atoms with E-state index in [2.05, 4.69) is 0 Å². The van der Waals surface area contributed by atoms with Gasteiger partial charge < -0.3 is 4.74 Å². The van der Waals surface area contributed by atoms with E-state index >= 15 is 0 Å². The number of anilines is 1. The molecule has 2 bridgehead atoms. The first-order valence-corrected chi connectivity index (χ1v) is 9.92. The second-order valence-electron chi connectivity index (χ2n) is 6.99. The molecule has 1 aromatic carbocycles. The Kier molecular flexibility index (Phi) is 3.74. The summed E-state index contributed by atoms with van der Waals surface area (Å²) >= 11 is 7.38. The summed E-state index contributed by atoms with van der Waals surface area (Å²) in [7, 11) is 0. The lowest BCUT2D eigenvalue weighted by atomic mass is 9.85. The van der Waals surface area contributed by atoms with Gasteiger partial charge in [0.2, 0.25) is 11.8 Å². The Labute approximate surface area is 164 Å². The van der Waals surface area contributed by atoms with E-state index in [4.69, 9.17) is 16.3 Å². The lowest BCUT2D eigenvalue weighted by molar-refractivity contribution is -0.123. The molecule has 2 amide bonds. The first kappa shape index (κ1) is 16.7. The molecule has 2 fully saturated rings. The number of allylic oxidation sites excluding steroid dienone is 2. The Balaban J connectivity index is 1.52. The number of rotatable bonds is 3. The van der Waals surface area contributed by atoms with Gasteiger partial charge in [-0.15, -0.1) is 11.3 Å². The number of halogens is 1. The molecule has 2 aliphatic carbocycles. The first-order chi connectivity index (χ1) is 13.0. The minimum Gasteiger partial charge on any atom is -0.420 e. The van der Waals surface area contributed by atoms with Crippen LogP contribution in [0, 0.1) is 23.7 Å². The highest BCUT2D eigenvalue weighted by Gasteiger charge is 2.60. The van der Waals surface area contributed by atoms with Crippen molar-refractivity contribution in [1.29, 1.82) is 0 Å². The summed E-state index contributed by atoms with van der Waals surface area (Å²) < 4.78 is 5.50. The molecule has 1 aromatic heterocycles. The third-order valence-electron chi connectivity index (χ3n) is 5.56. The molecule has 1 saturated carbocycles. The van der Waals surface area contributed by atoms with Gasteiger partial charge in [-0.3, -0.25) is 9.59 Å². The van der Waals surface area contributed by atoms with Crippen LogP contribution in [0.4, 0.5) is 5.69 Å². The van der Waals surface area contributed by atoms with Crippen LogP contribution < -0.4 is 9.64 Å². The van der Waals surface area contributed by atoms with Crippen molar-refractivity contribution in [2.75, 3.05) is 4.90 Å². The maximum Gasteiger partial charge on any atom is 0.353 e. The molecule has 136 valence electrons. The number of ether oxygens (including phenoxy) is 1. The molecule has 1 aliphatic heterocycles. The predicted octanol–water partition coefficient (Wildman–Crippen LogP) is 3.93. The Morgan fingerprint density at radius 2 is 1.81 bits per heavy atom. The quantitative estimate of drug-likeness (QED) is 0.339. The van der Waals surface area contributed by atoms with E-state index in [-0.39, 0.29) is 46.9 Å². The van der Waals surface area contributed by atoms with E-state index in [0.29, 0.717) is 9.90 Å². The molecule has 1 saturated heterocycles. The molecule has 2 aromatic rings. The third-order valence-corrected chi connectivity index (χ3v) is 6.64. The fourth-order valence-corrected chi connectivity index (χ4v) is 5.20. The number of amides is 2. The van der Waals surface area contributed by atoms with E-state index < -0.39 is 5.97 Å². The summed E-state index contributed by atoms with van der Waals surface area (Å²) in [6.07, 6.45) is 4.93. The standard InChI is InChI=1S/C20H14ClNO4S/c21-12-5-6-14(26-20(25)15-2-1-7-27-15)13(9-12)22-18(23)16-10-3-4-11(8-10)17(16)19(22)24/h1-7,9-11,16-17H,8H2/t10-,11+,16-,17-/m0/s1. The van der Waals surface area contributed by atoms with Gasteiger partial charge >= 0.3 is 5.97 Å². The molecule has 5 rings (SSSR count). The number of esters is 1. The molecular formula is C20H14ClNO4S. The Bertz CT molecular complexity index is 969. The number of imide groups is 1. The Morgan fingerprint density at radius 3 is 2.44 bits per heavy atom. The number of thiophene rings is 1. The number of carbonyl (C=O) groups excluding carboxylic acids is 3. The number of carbonyl (C=O) groups is 3. The highest BCUT2D eigenvalue weighted by Crippen LogP contribution is 2.54. The van der Waals surface area contributed by atoms with Crippen LogP contribution in [0.5, 0.6) is 5.75 Å². The number of hydrogen-bond donors (Lipinski definition) is 0. The topological polar surface area (TPSA) is 63.7 Å². The van der Waals surface area contributed by atoms with Crippen molar-refractivity contribution < 1.29 is 19.1 Å². The number of hydrogen-bond acceptors (Lipinski definition) is 5. The average molecular weight is 400 g/mol. The van der Waals surface area contributed by atoms with E-state index in [1.165, 1.54) is 23.5 Å². The van der Waals surface area contributed by atoms with Crippen LogP contribution >= 0.6 is 22.9 Å². The van der Waals surface area contributed by atoms with E-state index in [0.717, 1.165) is 11.3 Å². The minimum absolute atomic E-state index is 0.109. The van der Waals surface area contributed by atoms with Crippen LogP contribution in [0.25, 0.3) is 0 Å². The monoisotopic (exact) mass is 399 g/mol. The van der Waals surface area contributed by atoms with Crippen molar-refractivity contribution in [3.05, 3.63) is 57.8 Å². The molecule has 7 heteroatoms. The van der Waals surface area contributed by atoms with Gasteiger partial charge in [-0.1, -0.05) is 29.8 Å². The average Bonchev–Trinajstić information content (AvgIpc) is 3.42. The highest BCUT2D eigenvalue weighted by atomic mass is 35.5. The molecule has 0 unspecified atom stereocenters. The molecule has 0 radical (unpaired) electrons. The van der Waals surface area contributed by atoms with Crippen LogP contribution in [0.2, 0.25) is 5.02 Å². The number of fused-ring (bicyclic) bond motifs is 5. The first-order valence-electron chi connectivity index (χ1n) is 8.66. The smallest absolute Gasteiger partial charge is 0.353 e. The summed E-state index contributed by atoms with van der Waals surface area (Å²) in [5, 5.41) is 2.14. The second-order valence-corrected chi connectivity index (χ2v) is 8.37. The molecule has 0 spiro atoms. The van der Waals surface area contributed by atoms with Crippen molar-refractivity contribution in [2.45, 2.75) is 6.42 Å². The Morgan fingerprint density at radius 1 is 1.11 bits per heavy atom. The molecular weight excluding hydrogens is 386 g/mol. The van der Waals surface area contributed by atoms with Crippen molar-refractivity contribution in [1.82, 2.24) is 0 Å². The summed E-state index contributed by atoms with van der Waals surface area (Å²) in [5.41, 5.74) is 0.233. The van der Waals surface area contributed by atoms with Gasteiger partial charge in [0, 0.05) is 5.02 Å². The van der Waals surface area contributed by atoms with Crippen LogP contribution in [-0.2, 0) is 9.59 Å². The van der Waals surface area contributed by atoms with Gasteiger partial charge in [0.15, 0.2) is 5.75 Å². The number of benzene rings is 1. The van der Waals surface area contributed by atoms with Crippen LogP contribution in [-0.4, -0.2) is 17.8 Å². The Hall–Kier alpha value is -2.44. The highest BCUT2D eigenvalue weighted by molar-refractivity contribution is 7.12. The van der Waals surface area contributed by atoms with Gasteiger partial charge in [0.25, 0.3) is 0 Å². The van der Waals surface area contributed by atoms with E-state index in [1.807, 2.05) is 12.2 Å². The maximum absolute atomic E-state index is 13.1. The van der Waals surface area contributed by atoms with Gasteiger partial charge in [-0.25, -0.2) is 9.69 Å². The minimum atomic E-state index is -0.533. The maximum atomic E-state index is 13.1. The summed E-state index contributed by atoms with van der Waals surface area (Å²) in [4.78, 5) is 40.1. The lowest BCUT2D eigenvalue weighted by Crippen LogP contribution is -2.33. The van der Waals surface area contributed by atoms with Crippen molar-refractivity contribution >= 4 is 46.4 Å². The zero-order valence-corrected chi connectivity index (χ0v) is 15.6. The fraction of sp³-hybridized carbons (Fsp3) is 0.250. The van der Waals surface area contributed by atoms with Gasteiger partial charge in [-0.05, 0) is 47.9 Å². The van der Waals surface area contributed by atoms with Crippen LogP contribution in [0.15, 0.2) is 47.9 Å². The normalized spacial score (nSPS) is 28.1. The third kappa shape index (κ3) is 2.47. The van der Waals surface area contributed by atoms with E-state index in [9.17, 15) is 14.4 Å².